The summed E-state index contributed by atoms with van der Waals surface area (Å²) in [7, 11) is -3.19. The monoisotopic (exact) mass is 453 g/mol. The molecule has 1 aromatic rings. The Labute approximate surface area is 173 Å². The second-order valence-electron chi connectivity index (χ2n) is 8.22. The van der Waals surface area contributed by atoms with Gasteiger partial charge < -0.3 is 9.84 Å². The Morgan fingerprint density at radius 2 is 1.83 bits per heavy atom. The topological polar surface area (TPSA) is 102 Å². The predicted molar refractivity (Wildman–Crippen MR) is 100 cm³/mol. The normalized spacial score (nSPS) is 22.2. The number of aliphatic carboxylic acids is 1. The zero-order chi connectivity index (χ0) is 22.1. The molecular weight excluding hydrogens is 427 g/mol. The highest BCUT2D eigenvalue weighted by molar-refractivity contribution is 7.88. The van der Waals surface area contributed by atoms with Crippen LogP contribution < -0.4 is 0 Å². The number of hydrogen-bond acceptors (Lipinski definition) is 5. The Balaban J connectivity index is 0.000000318. The quantitative estimate of drug-likeness (QED) is 0.679. The number of ether oxygens (including phenoxy) is 1. The number of carboxylic acids is 1. The van der Waals surface area contributed by atoms with Crippen LogP contribution in [0.1, 0.15) is 42.9 Å². The van der Waals surface area contributed by atoms with Crippen molar-refractivity contribution in [1.29, 1.82) is 0 Å². The zero-order valence-corrected chi connectivity index (χ0v) is 17.5. The first-order chi connectivity index (χ1) is 13.9. The predicted octanol–water partition coefficient (Wildman–Crippen LogP) is 2.21. The van der Waals surface area contributed by atoms with Crippen molar-refractivity contribution >= 4 is 16.0 Å². The van der Waals surface area contributed by atoms with Crippen LogP contribution >= 0.6 is 0 Å². The van der Waals surface area contributed by atoms with Gasteiger partial charge in [-0.1, -0.05) is 0 Å². The number of carboxylic acid groups (broad SMARTS) is 1. The minimum Gasteiger partial charge on any atom is -0.475 e. The molecule has 30 heavy (non-hydrogen) atoms. The summed E-state index contributed by atoms with van der Waals surface area (Å²) in [6.07, 6.45) is 3.16. The summed E-state index contributed by atoms with van der Waals surface area (Å²) in [5.74, 6) is -1.19. The van der Waals surface area contributed by atoms with E-state index in [4.69, 9.17) is 14.6 Å². The highest BCUT2D eigenvalue weighted by Crippen LogP contribution is 2.35. The lowest BCUT2D eigenvalue weighted by Crippen LogP contribution is -2.39. The Morgan fingerprint density at radius 1 is 1.23 bits per heavy atom. The van der Waals surface area contributed by atoms with Gasteiger partial charge in [0.15, 0.2) is 0 Å². The zero-order valence-electron chi connectivity index (χ0n) is 16.6. The summed E-state index contributed by atoms with van der Waals surface area (Å²) in [5, 5.41) is 11.7. The van der Waals surface area contributed by atoms with Gasteiger partial charge in [0.2, 0.25) is 10.0 Å². The average Bonchev–Trinajstić information content (AvgIpc) is 3.54. The molecule has 170 valence electrons. The molecule has 0 amide bonds. The van der Waals surface area contributed by atoms with Crippen LogP contribution in [-0.2, 0) is 32.6 Å². The van der Waals surface area contributed by atoms with E-state index >= 15 is 0 Å². The summed E-state index contributed by atoms with van der Waals surface area (Å²) >= 11 is 0. The fourth-order valence-electron chi connectivity index (χ4n) is 3.35. The third kappa shape index (κ3) is 6.42. The molecular formula is C18H26F3N3O5S. The number of fused-ring (bicyclic) bond motifs is 1. The van der Waals surface area contributed by atoms with E-state index in [1.165, 1.54) is 37.6 Å². The van der Waals surface area contributed by atoms with Crippen LogP contribution in [-0.4, -0.2) is 65.8 Å². The second kappa shape index (κ2) is 8.83. The molecule has 2 aliphatic carbocycles. The van der Waals surface area contributed by atoms with E-state index in [-0.39, 0.29) is 5.92 Å². The molecule has 8 nitrogen and oxygen atoms in total. The van der Waals surface area contributed by atoms with Gasteiger partial charge in [0.05, 0.1) is 19.1 Å². The van der Waals surface area contributed by atoms with Crippen LogP contribution in [0.4, 0.5) is 13.2 Å². The summed E-state index contributed by atoms with van der Waals surface area (Å²) < 4.78 is 65.3. The smallest absolute Gasteiger partial charge is 0.475 e. The van der Waals surface area contributed by atoms with E-state index in [1.807, 2.05) is 6.20 Å². The van der Waals surface area contributed by atoms with Gasteiger partial charge >= 0.3 is 12.1 Å². The highest BCUT2D eigenvalue weighted by Gasteiger charge is 2.38. The first kappa shape index (κ1) is 23.0. The Kier molecular flexibility index (Phi) is 6.78. The van der Waals surface area contributed by atoms with Gasteiger partial charge in [0.1, 0.15) is 0 Å². The van der Waals surface area contributed by atoms with Gasteiger partial charge in [-0.25, -0.2) is 13.2 Å². The summed E-state index contributed by atoms with van der Waals surface area (Å²) in [4.78, 5) is 8.90. The number of nitrogens with zero attached hydrogens (tertiary/aromatic N) is 3. The van der Waals surface area contributed by atoms with Gasteiger partial charge in [-0.05, 0) is 37.5 Å². The standard InChI is InChI=1S/C16H25N3O3S.C2HF3O2/c1-23(20,21)18-8-14-6-17-19(7-12-2-3-12)16(14)15(9-18)11-22-10-13-4-5-13;3-2(4,5)1(6)7/h6,12-13,15H,2-5,7-11H2,1H3;(H,6,7). The maximum atomic E-state index is 12.0. The van der Waals surface area contributed by atoms with E-state index in [0.29, 0.717) is 19.7 Å². The van der Waals surface area contributed by atoms with E-state index in [1.54, 1.807) is 4.31 Å². The lowest BCUT2D eigenvalue weighted by molar-refractivity contribution is -0.192. The minimum atomic E-state index is -5.08. The SMILES string of the molecule is CS(=O)(=O)N1Cc2cnn(CC3CC3)c2C(COCC2CC2)C1.O=C(O)C(F)(F)F. The summed E-state index contributed by atoms with van der Waals surface area (Å²) in [6, 6.07) is 0. The van der Waals surface area contributed by atoms with Gasteiger partial charge in [0, 0.05) is 43.4 Å². The number of sulfonamides is 1. The Hall–Kier alpha value is -1.66. The van der Waals surface area contributed by atoms with Crippen molar-refractivity contribution in [3.63, 3.8) is 0 Å². The molecule has 2 heterocycles. The van der Waals surface area contributed by atoms with Gasteiger partial charge in [-0.2, -0.15) is 22.6 Å². The van der Waals surface area contributed by atoms with Crippen molar-refractivity contribution in [3.8, 4) is 0 Å². The molecule has 0 radical (unpaired) electrons. The molecule has 1 aliphatic heterocycles. The molecule has 2 fully saturated rings. The van der Waals surface area contributed by atoms with Gasteiger partial charge in [-0.3, -0.25) is 4.68 Å². The van der Waals surface area contributed by atoms with Gasteiger partial charge in [-0.15, -0.1) is 0 Å². The third-order valence-corrected chi connectivity index (χ3v) is 6.54. The second-order valence-corrected chi connectivity index (χ2v) is 10.2. The third-order valence-electron chi connectivity index (χ3n) is 5.33. The Bertz CT molecular complexity index is 863. The molecule has 0 spiro atoms. The number of hydrogen-bond donors (Lipinski definition) is 1. The molecule has 2 saturated carbocycles. The van der Waals surface area contributed by atoms with Crippen LogP contribution in [0.5, 0.6) is 0 Å². The molecule has 1 aromatic heterocycles. The van der Waals surface area contributed by atoms with Gasteiger partial charge in [0.25, 0.3) is 0 Å². The van der Waals surface area contributed by atoms with Crippen LogP contribution in [0, 0.1) is 11.8 Å². The molecule has 0 saturated heterocycles. The van der Waals surface area contributed by atoms with Crippen molar-refractivity contribution in [2.75, 3.05) is 26.0 Å². The largest absolute Gasteiger partial charge is 0.490 e. The lowest BCUT2D eigenvalue weighted by atomic mass is 9.98. The van der Waals surface area contributed by atoms with Crippen molar-refractivity contribution in [2.45, 2.75) is 50.9 Å². The molecule has 3 aliphatic rings. The van der Waals surface area contributed by atoms with Crippen LogP contribution in [0.25, 0.3) is 0 Å². The molecule has 12 heteroatoms. The van der Waals surface area contributed by atoms with E-state index in [9.17, 15) is 21.6 Å². The molecule has 1 atom stereocenters. The molecule has 1 N–H and O–H groups in total. The van der Waals surface area contributed by atoms with Crippen molar-refractivity contribution in [3.05, 3.63) is 17.5 Å². The maximum absolute atomic E-state index is 12.0. The number of aromatic nitrogens is 2. The molecule has 4 rings (SSSR count). The summed E-state index contributed by atoms with van der Waals surface area (Å²) in [6.45, 7) is 3.31. The number of rotatable bonds is 7. The van der Waals surface area contributed by atoms with E-state index in [2.05, 4.69) is 9.78 Å². The average molecular weight is 453 g/mol. The molecule has 0 aromatic carbocycles. The van der Waals surface area contributed by atoms with Crippen molar-refractivity contribution in [2.24, 2.45) is 11.8 Å². The number of carbonyl (C=O) groups is 1. The van der Waals surface area contributed by atoms with Crippen molar-refractivity contribution in [1.82, 2.24) is 14.1 Å². The maximum Gasteiger partial charge on any atom is 0.490 e. The molecule has 1 unspecified atom stereocenters. The lowest BCUT2D eigenvalue weighted by Gasteiger charge is -2.31. The summed E-state index contributed by atoms with van der Waals surface area (Å²) in [5.41, 5.74) is 2.25. The highest BCUT2D eigenvalue weighted by atomic mass is 32.2. The van der Waals surface area contributed by atoms with E-state index < -0.39 is 22.2 Å². The van der Waals surface area contributed by atoms with Crippen molar-refractivity contribution < 1.29 is 36.2 Å². The Morgan fingerprint density at radius 3 is 2.33 bits per heavy atom. The fraction of sp³-hybridized carbons (Fsp3) is 0.778. The fourth-order valence-corrected chi connectivity index (χ4v) is 4.18. The number of alkyl halides is 3. The first-order valence-corrected chi connectivity index (χ1v) is 11.7. The van der Waals surface area contributed by atoms with Crippen LogP contribution in [0.2, 0.25) is 0 Å². The minimum absolute atomic E-state index is 0.0912. The van der Waals surface area contributed by atoms with Crippen LogP contribution in [0.3, 0.4) is 0 Å². The number of halogens is 3. The van der Waals surface area contributed by atoms with E-state index in [0.717, 1.165) is 30.6 Å². The first-order valence-electron chi connectivity index (χ1n) is 9.82. The molecule has 0 bridgehead atoms. The van der Waals surface area contributed by atoms with Crippen LogP contribution in [0.15, 0.2) is 6.20 Å².